The van der Waals surface area contributed by atoms with Crippen molar-refractivity contribution < 1.29 is 9.90 Å². The molecule has 0 bridgehead atoms. The Morgan fingerprint density at radius 3 is 1.64 bits per heavy atom. The first-order valence-corrected chi connectivity index (χ1v) is 9.61. The van der Waals surface area contributed by atoms with E-state index in [9.17, 15) is 9.90 Å². The first-order valence-electron chi connectivity index (χ1n) is 9.61. The Kier molecular flexibility index (Phi) is 9.12. The van der Waals surface area contributed by atoms with Gasteiger partial charge < -0.3 is 22.3 Å². The molecule has 0 aliphatic rings. The average molecular weight is 396 g/mol. The summed E-state index contributed by atoms with van der Waals surface area (Å²) in [5.74, 6) is 0.161. The summed E-state index contributed by atoms with van der Waals surface area (Å²) in [6.07, 6.45) is 1.83. The number of nitrogens with two attached hydrogens (primary N) is 3. The maximum Gasteiger partial charge on any atom is 0.224 e. The van der Waals surface area contributed by atoms with Crippen LogP contribution in [-0.2, 0) is 21.4 Å². The number of nitrogens with zero attached hydrogens (tertiary/aromatic N) is 2. The third-order valence-corrected chi connectivity index (χ3v) is 4.25. The van der Waals surface area contributed by atoms with E-state index in [4.69, 9.17) is 17.2 Å². The number of aromatic hydroxyl groups is 1. The van der Waals surface area contributed by atoms with Crippen molar-refractivity contribution in [3.05, 3.63) is 28.8 Å². The number of phenols is 1. The lowest BCUT2D eigenvalue weighted by molar-refractivity contribution is -0.130. The van der Waals surface area contributed by atoms with Gasteiger partial charge in [0.05, 0.1) is 0 Å². The van der Waals surface area contributed by atoms with Crippen molar-refractivity contribution in [2.75, 3.05) is 20.6 Å². The summed E-state index contributed by atoms with van der Waals surface area (Å²) < 4.78 is 0. The molecule has 7 N–H and O–H groups in total. The predicted molar refractivity (Wildman–Crippen MR) is 116 cm³/mol. The summed E-state index contributed by atoms with van der Waals surface area (Å²) in [5.41, 5.74) is 19.3. The molecule has 0 spiro atoms. The summed E-state index contributed by atoms with van der Waals surface area (Å²) in [4.78, 5) is 10.2. The highest BCUT2D eigenvalue weighted by Gasteiger charge is 2.34. The Labute approximate surface area is 170 Å². The van der Waals surface area contributed by atoms with Gasteiger partial charge in [-0.2, -0.15) is 0 Å². The van der Waals surface area contributed by atoms with E-state index in [1.54, 1.807) is 16.1 Å². The summed E-state index contributed by atoms with van der Waals surface area (Å²) in [6, 6.07) is 3.47. The van der Waals surface area contributed by atoms with Gasteiger partial charge in [0.2, 0.25) is 6.41 Å². The number of hydrazine groups is 1. The van der Waals surface area contributed by atoms with Crippen LogP contribution in [0.1, 0.15) is 71.6 Å². The number of carbonyl (C=O) groups is 1. The molecule has 0 saturated heterocycles. The highest BCUT2D eigenvalue weighted by atomic mass is 16.3. The lowest BCUT2D eigenvalue weighted by Crippen LogP contribution is -2.41. The van der Waals surface area contributed by atoms with Crippen molar-refractivity contribution in [1.82, 2.24) is 10.0 Å². The van der Waals surface area contributed by atoms with Gasteiger partial charge in [0, 0.05) is 42.8 Å². The van der Waals surface area contributed by atoms with E-state index in [-0.39, 0.29) is 5.75 Å². The SMILES string of the molecule is CC(C)(N)c1ccc(O)c(C(C)(C)N)c1C(C)(C)N.CCCN(C=O)N(C)C. The zero-order chi connectivity index (χ0) is 22.5. The summed E-state index contributed by atoms with van der Waals surface area (Å²) in [7, 11) is 3.70. The van der Waals surface area contributed by atoms with Gasteiger partial charge in [0.15, 0.2) is 0 Å². The Hall–Kier alpha value is -1.67. The molecule has 162 valence electrons. The van der Waals surface area contributed by atoms with E-state index in [2.05, 4.69) is 0 Å². The molecular weight excluding hydrogens is 354 g/mol. The minimum Gasteiger partial charge on any atom is -0.508 e. The molecule has 7 heteroatoms. The molecular formula is C21H41N5O2. The van der Waals surface area contributed by atoms with Crippen molar-refractivity contribution in [1.29, 1.82) is 0 Å². The van der Waals surface area contributed by atoms with Gasteiger partial charge in [0.25, 0.3) is 0 Å². The summed E-state index contributed by atoms with van der Waals surface area (Å²) >= 11 is 0. The standard InChI is InChI=1S/C15H27N3O.C6H14N2O/c1-13(2,16)9-7-8-10(19)12(15(5,6)18)11(9)14(3,4)17;1-4-5-8(6-9)7(2)3/h7-8,19H,16-18H2,1-6H3;6H,4-5H2,1-3H3. The second-order valence-electron chi connectivity index (χ2n) is 9.16. The molecule has 1 aromatic rings. The number of rotatable bonds is 7. The van der Waals surface area contributed by atoms with Gasteiger partial charge in [-0.25, -0.2) is 5.01 Å². The Balaban J connectivity index is 0.000000684. The minimum atomic E-state index is -0.697. The molecule has 0 aliphatic carbocycles. The quantitative estimate of drug-likeness (QED) is 0.415. The third-order valence-electron chi connectivity index (χ3n) is 4.25. The van der Waals surface area contributed by atoms with Crippen LogP contribution in [0.2, 0.25) is 0 Å². The fourth-order valence-electron chi connectivity index (χ4n) is 3.03. The molecule has 0 heterocycles. The van der Waals surface area contributed by atoms with Crippen molar-refractivity contribution in [2.24, 2.45) is 17.2 Å². The van der Waals surface area contributed by atoms with Gasteiger partial charge >= 0.3 is 0 Å². The number of phenolic OH excluding ortho intramolecular Hbond substituents is 1. The molecule has 0 aromatic heterocycles. The lowest BCUT2D eigenvalue weighted by atomic mass is 9.75. The van der Waals surface area contributed by atoms with Gasteiger partial charge in [-0.1, -0.05) is 13.0 Å². The molecule has 0 saturated carbocycles. The number of hydrogen-bond acceptors (Lipinski definition) is 6. The van der Waals surface area contributed by atoms with Crippen LogP contribution in [-0.4, -0.2) is 42.2 Å². The molecule has 1 amide bonds. The fraction of sp³-hybridized carbons (Fsp3) is 0.667. The molecule has 0 fully saturated rings. The molecule has 1 aromatic carbocycles. The second kappa shape index (κ2) is 9.69. The van der Waals surface area contributed by atoms with Crippen LogP contribution in [0.3, 0.4) is 0 Å². The molecule has 0 radical (unpaired) electrons. The van der Waals surface area contributed by atoms with Crippen molar-refractivity contribution in [3.63, 3.8) is 0 Å². The first kappa shape index (κ1) is 26.3. The first-order chi connectivity index (χ1) is 12.5. The molecule has 0 aliphatic heterocycles. The average Bonchev–Trinajstić information content (AvgIpc) is 2.49. The predicted octanol–water partition coefficient (Wildman–Crippen LogP) is 2.31. The largest absolute Gasteiger partial charge is 0.508 e. The van der Waals surface area contributed by atoms with Gasteiger partial charge in [-0.3, -0.25) is 9.80 Å². The molecule has 1 rings (SSSR count). The van der Waals surface area contributed by atoms with E-state index in [0.29, 0.717) is 5.56 Å². The van der Waals surface area contributed by atoms with Crippen LogP contribution in [0.15, 0.2) is 12.1 Å². The number of carbonyl (C=O) groups excluding carboxylic acids is 1. The zero-order valence-electron chi connectivity index (χ0n) is 19.1. The van der Waals surface area contributed by atoms with E-state index in [1.807, 2.05) is 68.6 Å². The highest BCUT2D eigenvalue weighted by Crippen LogP contribution is 2.40. The van der Waals surface area contributed by atoms with Crippen LogP contribution in [0.4, 0.5) is 0 Å². The van der Waals surface area contributed by atoms with Gasteiger partial charge in [-0.05, 0) is 65.2 Å². The topological polar surface area (TPSA) is 122 Å². The van der Waals surface area contributed by atoms with E-state index in [1.165, 1.54) is 0 Å². The minimum absolute atomic E-state index is 0.161. The van der Waals surface area contributed by atoms with Crippen molar-refractivity contribution in [3.8, 4) is 5.75 Å². The normalized spacial score (nSPS) is 12.5. The number of amides is 1. The van der Waals surface area contributed by atoms with Crippen LogP contribution in [0.5, 0.6) is 5.75 Å². The smallest absolute Gasteiger partial charge is 0.224 e. The Morgan fingerprint density at radius 2 is 1.39 bits per heavy atom. The van der Waals surface area contributed by atoms with Crippen LogP contribution < -0.4 is 17.2 Å². The summed E-state index contributed by atoms with van der Waals surface area (Å²) in [6.45, 7) is 14.2. The maximum absolute atomic E-state index is 10.2. The zero-order valence-corrected chi connectivity index (χ0v) is 19.1. The maximum atomic E-state index is 10.2. The van der Waals surface area contributed by atoms with Crippen molar-refractivity contribution >= 4 is 6.41 Å². The monoisotopic (exact) mass is 395 g/mol. The van der Waals surface area contributed by atoms with Gasteiger partial charge in [-0.15, -0.1) is 0 Å². The Bertz CT molecular complexity index is 638. The van der Waals surface area contributed by atoms with E-state index in [0.717, 1.165) is 30.5 Å². The molecule has 0 unspecified atom stereocenters. The van der Waals surface area contributed by atoms with E-state index >= 15 is 0 Å². The number of hydrogen-bond donors (Lipinski definition) is 4. The van der Waals surface area contributed by atoms with E-state index < -0.39 is 16.6 Å². The number of benzene rings is 1. The lowest BCUT2D eigenvalue weighted by Gasteiger charge is -2.36. The van der Waals surface area contributed by atoms with Crippen LogP contribution in [0, 0.1) is 0 Å². The van der Waals surface area contributed by atoms with Gasteiger partial charge in [0.1, 0.15) is 5.75 Å². The molecule has 7 nitrogen and oxygen atoms in total. The van der Waals surface area contributed by atoms with Crippen LogP contribution >= 0.6 is 0 Å². The third kappa shape index (κ3) is 7.39. The fourth-order valence-corrected chi connectivity index (χ4v) is 3.03. The molecule has 28 heavy (non-hydrogen) atoms. The molecule has 0 atom stereocenters. The van der Waals surface area contributed by atoms with Crippen molar-refractivity contribution in [2.45, 2.75) is 71.5 Å². The Morgan fingerprint density at radius 1 is 0.929 bits per heavy atom. The second-order valence-corrected chi connectivity index (χ2v) is 9.16. The highest BCUT2D eigenvalue weighted by molar-refractivity contribution is 5.52. The van der Waals surface area contributed by atoms with Crippen LogP contribution in [0.25, 0.3) is 0 Å². The summed E-state index contributed by atoms with van der Waals surface area (Å²) in [5, 5.41) is 13.6.